The predicted molar refractivity (Wildman–Crippen MR) is 77.1 cm³/mol. The van der Waals surface area contributed by atoms with Crippen LogP contribution in [0, 0.1) is 11.6 Å². The van der Waals surface area contributed by atoms with Crippen LogP contribution < -0.4 is 5.73 Å². The quantitative estimate of drug-likeness (QED) is 0.925. The second-order valence-electron chi connectivity index (χ2n) is 5.17. The molecule has 0 aromatic heterocycles. The number of hydrogen-bond donors (Lipinski definition) is 1. The number of ether oxygens (including phenoxy) is 1. The van der Waals surface area contributed by atoms with Gasteiger partial charge in [-0.3, -0.25) is 4.79 Å². The van der Waals surface area contributed by atoms with E-state index >= 15 is 0 Å². The SMILES string of the molecule is CN(Cc1ccc(F)cc1F)C(=O)C1(N)CCOCC1.Cl. The van der Waals surface area contributed by atoms with Gasteiger partial charge >= 0.3 is 0 Å². The number of likely N-dealkylation sites (N-methyl/N-ethyl adjacent to an activating group) is 1. The highest BCUT2D eigenvalue weighted by molar-refractivity contribution is 5.86. The topological polar surface area (TPSA) is 55.6 Å². The molecule has 1 amide bonds. The summed E-state index contributed by atoms with van der Waals surface area (Å²) in [6, 6.07) is 3.31. The molecule has 0 radical (unpaired) electrons. The largest absolute Gasteiger partial charge is 0.381 e. The normalized spacial score (nSPS) is 17.0. The number of halogens is 3. The summed E-state index contributed by atoms with van der Waals surface area (Å²) >= 11 is 0. The molecule has 0 unspecified atom stereocenters. The van der Waals surface area contributed by atoms with Gasteiger partial charge in [0.2, 0.25) is 5.91 Å². The molecule has 0 bridgehead atoms. The summed E-state index contributed by atoms with van der Waals surface area (Å²) in [6.45, 7) is 0.951. The predicted octanol–water partition coefficient (Wildman–Crippen LogP) is 1.85. The van der Waals surface area contributed by atoms with Gasteiger partial charge in [0.1, 0.15) is 11.6 Å². The maximum atomic E-state index is 13.6. The minimum atomic E-state index is -0.955. The number of carbonyl (C=O) groups excluding carboxylic acids is 1. The molecule has 21 heavy (non-hydrogen) atoms. The molecular formula is C14H19ClF2N2O2. The fraction of sp³-hybridized carbons (Fsp3) is 0.500. The number of benzene rings is 1. The summed E-state index contributed by atoms with van der Waals surface area (Å²) < 4.78 is 31.6. The van der Waals surface area contributed by atoms with E-state index in [-0.39, 0.29) is 30.4 Å². The third kappa shape index (κ3) is 4.12. The van der Waals surface area contributed by atoms with E-state index in [0.29, 0.717) is 26.1 Å². The number of nitrogens with zero attached hydrogens (tertiary/aromatic N) is 1. The highest BCUT2D eigenvalue weighted by atomic mass is 35.5. The van der Waals surface area contributed by atoms with Crippen LogP contribution in [0.4, 0.5) is 8.78 Å². The van der Waals surface area contributed by atoms with Crippen LogP contribution in [-0.4, -0.2) is 36.6 Å². The number of hydrogen-bond acceptors (Lipinski definition) is 3. The molecule has 118 valence electrons. The molecule has 1 aromatic rings. The van der Waals surface area contributed by atoms with Crippen LogP contribution in [0.5, 0.6) is 0 Å². The molecule has 1 heterocycles. The van der Waals surface area contributed by atoms with E-state index in [1.165, 1.54) is 17.0 Å². The number of carbonyl (C=O) groups is 1. The van der Waals surface area contributed by atoms with Crippen LogP contribution in [0.15, 0.2) is 18.2 Å². The Morgan fingerprint density at radius 1 is 1.38 bits per heavy atom. The molecule has 0 atom stereocenters. The lowest BCUT2D eigenvalue weighted by atomic mass is 9.89. The van der Waals surface area contributed by atoms with Crippen molar-refractivity contribution in [3.8, 4) is 0 Å². The van der Waals surface area contributed by atoms with Gasteiger partial charge in [-0.2, -0.15) is 0 Å². The molecule has 1 aromatic carbocycles. The van der Waals surface area contributed by atoms with E-state index in [0.717, 1.165) is 6.07 Å². The third-order valence-electron chi connectivity index (χ3n) is 3.58. The summed E-state index contributed by atoms with van der Waals surface area (Å²) in [7, 11) is 1.56. The molecular weight excluding hydrogens is 302 g/mol. The average Bonchev–Trinajstić information content (AvgIpc) is 2.42. The highest BCUT2D eigenvalue weighted by Crippen LogP contribution is 2.21. The smallest absolute Gasteiger partial charge is 0.242 e. The summed E-state index contributed by atoms with van der Waals surface area (Å²) in [4.78, 5) is 13.7. The molecule has 4 nitrogen and oxygen atoms in total. The first-order valence-corrected chi connectivity index (χ1v) is 6.48. The number of nitrogens with two attached hydrogens (primary N) is 1. The van der Waals surface area contributed by atoms with Gasteiger partial charge in [-0.25, -0.2) is 8.78 Å². The van der Waals surface area contributed by atoms with E-state index in [9.17, 15) is 13.6 Å². The monoisotopic (exact) mass is 320 g/mol. The van der Waals surface area contributed by atoms with Crippen molar-refractivity contribution < 1.29 is 18.3 Å². The van der Waals surface area contributed by atoms with Gasteiger partial charge in [-0.15, -0.1) is 12.4 Å². The third-order valence-corrected chi connectivity index (χ3v) is 3.58. The van der Waals surface area contributed by atoms with Crippen molar-refractivity contribution in [1.29, 1.82) is 0 Å². The lowest BCUT2D eigenvalue weighted by molar-refractivity contribution is -0.139. The number of amides is 1. The Balaban J connectivity index is 0.00000220. The van der Waals surface area contributed by atoms with Crippen molar-refractivity contribution in [3.05, 3.63) is 35.4 Å². The molecule has 1 aliphatic rings. The summed E-state index contributed by atoms with van der Waals surface area (Å²) in [5.74, 6) is -1.55. The summed E-state index contributed by atoms with van der Waals surface area (Å²) in [6.07, 6.45) is 0.893. The van der Waals surface area contributed by atoms with Gasteiger partial charge in [0.05, 0.1) is 5.54 Å². The van der Waals surface area contributed by atoms with Crippen LogP contribution in [0.2, 0.25) is 0 Å². The first kappa shape index (κ1) is 17.8. The molecule has 1 aliphatic heterocycles. The van der Waals surface area contributed by atoms with Gasteiger partial charge in [-0.05, 0) is 18.9 Å². The van der Waals surface area contributed by atoms with Gasteiger partial charge in [0, 0.05) is 38.4 Å². The Hall–Kier alpha value is -1.24. The molecule has 2 rings (SSSR count). The van der Waals surface area contributed by atoms with E-state index in [2.05, 4.69) is 0 Å². The lowest BCUT2D eigenvalue weighted by Gasteiger charge is -2.35. The van der Waals surface area contributed by atoms with E-state index < -0.39 is 17.2 Å². The Morgan fingerprint density at radius 3 is 2.57 bits per heavy atom. The fourth-order valence-electron chi connectivity index (χ4n) is 2.31. The second-order valence-corrected chi connectivity index (χ2v) is 5.17. The van der Waals surface area contributed by atoms with E-state index in [1.807, 2.05) is 0 Å². The maximum Gasteiger partial charge on any atom is 0.242 e. The Bertz CT molecular complexity index is 508. The zero-order valence-electron chi connectivity index (χ0n) is 11.8. The highest BCUT2D eigenvalue weighted by Gasteiger charge is 2.37. The second kappa shape index (κ2) is 7.15. The van der Waals surface area contributed by atoms with E-state index in [1.54, 1.807) is 7.05 Å². The zero-order chi connectivity index (χ0) is 14.8. The van der Waals surface area contributed by atoms with Crippen LogP contribution in [-0.2, 0) is 16.1 Å². The molecule has 0 saturated carbocycles. The van der Waals surface area contributed by atoms with Crippen LogP contribution >= 0.6 is 12.4 Å². The van der Waals surface area contributed by atoms with Crippen molar-refractivity contribution in [3.63, 3.8) is 0 Å². The first-order valence-electron chi connectivity index (χ1n) is 6.48. The van der Waals surface area contributed by atoms with Crippen molar-refractivity contribution in [2.75, 3.05) is 20.3 Å². The van der Waals surface area contributed by atoms with Crippen molar-refractivity contribution >= 4 is 18.3 Å². The minimum Gasteiger partial charge on any atom is -0.381 e. The van der Waals surface area contributed by atoms with Crippen molar-refractivity contribution in [2.24, 2.45) is 5.73 Å². The lowest BCUT2D eigenvalue weighted by Crippen LogP contribution is -2.57. The summed E-state index contributed by atoms with van der Waals surface area (Å²) in [5, 5.41) is 0. The van der Waals surface area contributed by atoms with Gasteiger partial charge in [0.25, 0.3) is 0 Å². The summed E-state index contributed by atoms with van der Waals surface area (Å²) in [5.41, 5.74) is 5.40. The van der Waals surface area contributed by atoms with Crippen LogP contribution in [0.3, 0.4) is 0 Å². The molecule has 0 aliphatic carbocycles. The Kier molecular flexibility index (Phi) is 6.07. The maximum absolute atomic E-state index is 13.6. The van der Waals surface area contributed by atoms with Crippen LogP contribution in [0.1, 0.15) is 18.4 Å². The van der Waals surface area contributed by atoms with Gasteiger partial charge in [-0.1, -0.05) is 6.07 Å². The Morgan fingerprint density at radius 2 is 2.00 bits per heavy atom. The van der Waals surface area contributed by atoms with Gasteiger partial charge in [0.15, 0.2) is 0 Å². The molecule has 1 saturated heterocycles. The molecule has 0 spiro atoms. The minimum absolute atomic E-state index is 0. The Labute approximate surface area is 128 Å². The fourth-order valence-corrected chi connectivity index (χ4v) is 2.31. The van der Waals surface area contributed by atoms with Crippen molar-refractivity contribution in [1.82, 2.24) is 4.90 Å². The standard InChI is InChI=1S/C14H18F2N2O2.ClH/c1-18(9-10-2-3-11(15)8-12(10)16)13(19)14(17)4-6-20-7-5-14;/h2-3,8H,4-7,9,17H2,1H3;1H. The van der Waals surface area contributed by atoms with Crippen LogP contribution in [0.25, 0.3) is 0 Å². The number of rotatable bonds is 3. The molecule has 7 heteroatoms. The molecule has 1 fully saturated rings. The van der Waals surface area contributed by atoms with E-state index in [4.69, 9.17) is 10.5 Å². The molecule has 2 N–H and O–H groups in total. The average molecular weight is 321 g/mol. The van der Waals surface area contributed by atoms with Gasteiger partial charge < -0.3 is 15.4 Å². The van der Waals surface area contributed by atoms with Crippen molar-refractivity contribution in [2.45, 2.75) is 24.9 Å². The first-order chi connectivity index (χ1) is 9.42. The zero-order valence-corrected chi connectivity index (χ0v) is 12.6.